The minimum absolute atomic E-state index is 0.0921. The van der Waals surface area contributed by atoms with E-state index < -0.39 is 0 Å². The molecular formula is C21H24N7O2+. The van der Waals surface area contributed by atoms with E-state index in [-0.39, 0.29) is 23.5 Å². The van der Waals surface area contributed by atoms with Crippen molar-refractivity contribution in [2.45, 2.75) is 51.8 Å². The van der Waals surface area contributed by atoms with Crippen LogP contribution < -0.4 is 9.30 Å². The zero-order chi connectivity index (χ0) is 20.6. The van der Waals surface area contributed by atoms with Crippen LogP contribution in [0.1, 0.15) is 32.5 Å². The van der Waals surface area contributed by atoms with Crippen molar-refractivity contribution >= 4 is 17.1 Å². The van der Waals surface area contributed by atoms with Gasteiger partial charge in [0.1, 0.15) is 11.6 Å². The molecule has 2 aliphatic heterocycles. The molecule has 1 saturated carbocycles. The average Bonchev–Trinajstić information content (AvgIpc) is 3.36. The van der Waals surface area contributed by atoms with Gasteiger partial charge in [0.25, 0.3) is 12.0 Å². The number of nitrogens with zero attached hydrogens (tertiary/aromatic N) is 7. The molecule has 2 unspecified atom stereocenters. The molecule has 0 aromatic carbocycles. The molecule has 3 aromatic heterocycles. The summed E-state index contributed by atoms with van der Waals surface area (Å²) in [6, 6.07) is 0. The number of aromatic nitrogens is 6. The van der Waals surface area contributed by atoms with E-state index in [4.69, 9.17) is 14.7 Å². The third kappa shape index (κ3) is 2.34. The molecule has 30 heavy (non-hydrogen) atoms. The number of hydrogen-bond donors (Lipinski definition) is 0. The Labute approximate surface area is 173 Å². The summed E-state index contributed by atoms with van der Waals surface area (Å²) in [6.07, 6.45) is 7.37. The minimum Gasteiger partial charge on any atom is -0.450 e. The molecule has 9 nitrogen and oxygen atoms in total. The molecule has 0 spiro atoms. The van der Waals surface area contributed by atoms with Crippen molar-refractivity contribution in [3.63, 3.8) is 0 Å². The van der Waals surface area contributed by atoms with Gasteiger partial charge in [-0.3, -0.25) is 9.36 Å². The van der Waals surface area contributed by atoms with E-state index in [1.807, 2.05) is 18.2 Å². The van der Waals surface area contributed by atoms with Crippen molar-refractivity contribution in [1.29, 1.82) is 0 Å². The number of ether oxygens (including phenoxy) is 1. The molecule has 3 aliphatic rings. The first-order valence-corrected chi connectivity index (χ1v) is 10.6. The number of hydrogen-bond acceptors (Lipinski definition) is 6. The largest absolute Gasteiger partial charge is 0.450 e. The summed E-state index contributed by atoms with van der Waals surface area (Å²) < 4.78 is 10.6. The van der Waals surface area contributed by atoms with Gasteiger partial charge in [-0.1, -0.05) is 0 Å². The second-order valence-electron chi connectivity index (χ2n) is 8.75. The molecular weight excluding hydrogens is 382 g/mol. The summed E-state index contributed by atoms with van der Waals surface area (Å²) >= 11 is 0. The van der Waals surface area contributed by atoms with Gasteiger partial charge in [0.05, 0.1) is 18.7 Å². The van der Waals surface area contributed by atoms with Gasteiger partial charge in [0, 0.05) is 24.9 Å². The van der Waals surface area contributed by atoms with Crippen LogP contribution in [0.3, 0.4) is 0 Å². The Morgan fingerprint density at radius 1 is 1.30 bits per heavy atom. The fourth-order valence-corrected chi connectivity index (χ4v) is 4.74. The lowest BCUT2D eigenvalue weighted by Gasteiger charge is -2.19. The van der Waals surface area contributed by atoms with Crippen molar-refractivity contribution < 1.29 is 14.1 Å². The van der Waals surface area contributed by atoms with Gasteiger partial charge in [-0.05, 0) is 38.6 Å². The van der Waals surface area contributed by atoms with Crippen LogP contribution in [0.5, 0.6) is 5.88 Å². The van der Waals surface area contributed by atoms with Gasteiger partial charge < -0.3 is 9.64 Å². The van der Waals surface area contributed by atoms with Crippen molar-refractivity contribution in [2.24, 2.45) is 5.92 Å². The molecule has 5 heterocycles. The molecule has 1 aliphatic carbocycles. The maximum absolute atomic E-state index is 12.6. The molecule has 9 heteroatoms. The van der Waals surface area contributed by atoms with Crippen molar-refractivity contribution in [3.05, 3.63) is 24.5 Å². The van der Waals surface area contributed by atoms with E-state index in [1.165, 1.54) is 0 Å². The van der Waals surface area contributed by atoms with Crippen LogP contribution in [0.15, 0.2) is 18.7 Å². The summed E-state index contributed by atoms with van der Waals surface area (Å²) in [5, 5.41) is 0. The van der Waals surface area contributed by atoms with E-state index >= 15 is 0 Å². The highest BCUT2D eigenvalue weighted by molar-refractivity contribution is 5.82. The molecule has 0 radical (unpaired) electrons. The van der Waals surface area contributed by atoms with Crippen LogP contribution in [0, 0.1) is 12.8 Å². The molecule has 2 fully saturated rings. The van der Waals surface area contributed by atoms with Crippen LogP contribution in [-0.4, -0.2) is 54.5 Å². The Morgan fingerprint density at radius 2 is 2.07 bits per heavy atom. The monoisotopic (exact) mass is 406 g/mol. The van der Waals surface area contributed by atoms with E-state index in [0.29, 0.717) is 13.1 Å². The smallest absolute Gasteiger partial charge is 0.318 e. The number of carbonyl (C=O) groups excluding carboxylic acids is 1. The number of imidazole rings is 1. The van der Waals surface area contributed by atoms with Crippen LogP contribution in [0.25, 0.3) is 22.6 Å². The number of amides is 1. The van der Waals surface area contributed by atoms with E-state index in [9.17, 15) is 4.79 Å². The first-order valence-electron chi connectivity index (χ1n) is 10.6. The zero-order valence-corrected chi connectivity index (χ0v) is 17.4. The quantitative estimate of drug-likeness (QED) is 0.608. The lowest BCUT2D eigenvalue weighted by atomic mass is 9.99. The second kappa shape index (κ2) is 5.96. The molecule has 0 N–H and O–H groups in total. The summed E-state index contributed by atoms with van der Waals surface area (Å²) in [5.41, 5.74) is 2.05. The standard InChI is InChI=1S/C21H24N7O2/c1-4-27-17(14-7-22-12(2)23-8-14)25-16-18(27)24-11-28-20(16)30-15-9-26(10-21(15,28)3)19(29)13-5-6-13/h7-8,11,13,15H,4-6,9-10H2,1-3H3/q+1. The molecule has 0 bridgehead atoms. The van der Waals surface area contributed by atoms with E-state index in [0.717, 1.165) is 53.6 Å². The second-order valence-corrected chi connectivity index (χ2v) is 8.75. The Bertz CT molecular complexity index is 1180. The lowest BCUT2D eigenvalue weighted by Crippen LogP contribution is -2.56. The van der Waals surface area contributed by atoms with Crippen LogP contribution in [0.4, 0.5) is 0 Å². The fourth-order valence-electron chi connectivity index (χ4n) is 4.74. The summed E-state index contributed by atoms with van der Waals surface area (Å²) in [5.74, 6) is 2.72. The fraction of sp³-hybridized carbons (Fsp3) is 0.524. The Morgan fingerprint density at radius 3 is 2.77 bits per heavy atom. The predicted octanol–water partition coefficient (Wildman–Crippen LogP) is 1.23. The van der Waals surface area contributed by atoms with Crippen molar-refractivity contribution in [1.82, 2.24) is 29.4 Å². The Hall–Kier alpha value is -3.10. The first kappa shape index (κ1) is 17.7. The minimum atomic E-state index is -0.329. The van der Waals surface area contributed by atoms with Crippen LogP contribution in [0.2, 0.25) is 0 Å². The highest BCUT2D eigenvalue weighted by Crippen LogP contribution is 2.40. The zero-order valence-electron chi connectivity index (χ0n) is 17.4. The number of likely N-dealkylation sites (tertiary alicyclic amines) is 1. The van der Waals surface area contributed by atoms with Gasteiger partial charge >= 0.3 is 5.88 Å². The molecule has 1 amide bonds. The third-order valence-corrected chi connectivity index (χ3v) is 6.65. The number of carbonyl (C=O) groups is 1. The average molecular weight is 406 g/mol. The van der Waals surface area contributed by atoms with Gasteiger partial charge in [0.15, 0.2) is 11.6 Å². The number of rotatable bonds is 3. The molecule has 2 atom stereocenters. The predicted molar refractivity (Wildman–Crippen MR) is 107 cm³/mol. The van der Waals surface area contributed by atoms with Gasteiger partial charge in [-0.15, -0.1) is 0 Å². The number of aryl methyl sites for hydroxylation is 2. The molecule has 1 saturated heterocycles. The normalized spacial score (nSPS) is 24.8. The van der Waals surface area contributed by atoms with E-state index in [2.05, 4.69) is 32.9 Å². The van der Waals surface area contributed by atoms with Crippen LogP contribution in [-0.2, 0) is 16.9 Å². The summed E-state index contributed by atoms with van der Waals surface area (Å²) in [7, 11) is 0. The summed E-state index contributed by atoms with van der Waals surface area (Å²) in [6.45, 7) is 8.06. The van der Waals surface area contributed by atoms with Gasteiger partial charge in [-0.2, -0.15) is 4.57 Å². The maximum Gasteiger partial charge on any atom is 0.318 e. The van der Waals surface area contributed by atoms with Crippen molar-refractivity contribution in [3.8, 4) is 17.3 Å². The summed E-state index contributed by atoms with van der Waals surface area (Å²) in [4.78, 5) is 32.8. The molecule has 154 valence electrons. The van der Waals surface area contributed by atoms with Gasteiger partial charge in [0.2, 0.25) is 11.4 Å². The Kier molecular flexibility index (Phi) is 3.52. The topological polar surface area (TPSA) is 89.9 Å². The molecule has 3 aromatic rings. The Balaban J connectivity index is 1.44. The highest BCUT2D eigenvalue weighted by atomic mass is 16.5. The molecule has 6 rings (SSSR count). The van der Waals surface area contributed by atoms with Crippen LogP contribution >= 0.6 is 0 Å². The first-order chi connectivity index (χ1) is 14.5. The SMILES string of the molecule is CCn1c(-c2cnc(C)nc2)nc2c3[n+](cnc21)C1(C)CN(C(=O)C2CC2)CC1O3. The highest BCUT2D eigenvalue weighted by Gasteiger charge is 2.58. The van der Waals surface area contributed by atoms with E-state index in [1.54, 1.807) is 12.4 Å². The van der Waals surface area contributed by atoms with Crippen molar-refractivity contribution in [2.75, 3.05) is 13.1 Å². The third-order valence-electron chi connectivity index (χ3n) is 6.65. The number of fused-ring (bicyclic) bond motifs is 5. The lowest BCUT2D eigenvalue weighted by molar-refractivity contribution is -0.743. The van der Waals surface area contributed by atoms with Gasteiger partial charge in [-0.25, -0.2) is 15.0 Å². The maximum atomic E-state index is 12.6.